The average molecular weight is 163 g/mol. The van der Waals surface area contributed by atoms with Gasteiger partial charge in [-0.2, -0.15) is 0 Å². The van der Waals surface area contributed by atoms with Crippen LogP contribution in [0.3, 0.4) is 0 Å². The number of hydrogen-bond donors (Lipinski definition) is 1. The van der Waals surface area contributed by atoms with Gasteiger partial charge in [-0.3, -0.25) is 4.98 Å². The zero-order chi connectivity index (χ0) is 8.39. The van der Waals surface area contributed by atoms with Crippen LogP contribution in [0.1, 0.15) is 5.56 Å². The molecule has 3 nitrogen and oxygen atoms in total. The normalized spacial score (nSPS) is 14.9. The first-order chi connectivity index (χ1) is 5.92. The Morgan fingerprint density at radius 3 is 3.33 bits per heavy atom. The molecule has 0 aliphatic carbocycles. The minimum Gasteiger partial charge on any atom is -0.368 e. The van der Waals surface area contributed by atoms with E-state index in [4.69, 9.17) is 5.73 Å². The summed E-state index contributed by atoms with van der Waals surface area (Å²) in [6.07, 6.45) is 4.92. The smallest absolute Gasteiger partial charge is 0.0586 e. The molecule has 0 unspecified atom stereocenters. The van der Waals surface area contributed by atoms with Crippen molar-refractivity contribution in [3.8, 4) is 0 Å². The lowest BCUT2D eigenvalue weighted by molar-refractivity contribution is 0.820. The SMILES string of the molecule is NCCN1CCc2ccncc21. The molecular formula is C9H13N3. The first-order valence-corrected chi connectivity index (χ1v) is 4.29. The molecule has 12 heavy (non-hydrogen) atoms. The van der Waals surface area contributed by atoms with Crippen molar-refractivity contribution in [3.05, 3.63) is 24.0 Å². The van der Waals surface area contributed by atoms with Crippen LogP contribution < -0.4 is 10.6 Å². The monoisotopic (exact) mass is 163 g/mol. The predicted octanol–water partition coefficient (Wildman–Crippen LogP) is 0.403. The van der Waals surface area contributed by atoms with Crippen LogP contribution in [-0.4, -0.2) is 24.6 Å². The van der Waals surface area contributed by atoms with Crippen molar-refractivity contribution in [2.45, 2.75) is 6.42 Å². The first-order valence-electron chi connectivity index (χ1n) is 4.29. The molecule has 0 atom stereocenters. The van der Waals surface area contributed by atoms with Crippen molar-refractivity contribution >= 4 is 5.69 Å². The van der Waals surface area contributed by atoms with E-state index in [0.717, 1.165) is 19.5 Å². The summed E-state index contributed by atoms with van der Waals surface area (Å²) in [4.78, 5) is 6.40. The highest BCUT2D eigenvalue weighted by atomic mass is 15.2. The third-order valence-electron chi connectivity index (χ3n) is 2.28. The van der Waals surface area contributed by atoms with Crippen molar-refractivity contribution in [2.24, 2.45) is 5.73 Å². The number of hydrogen-bond acceptors (Lipinski definition) is 3. The molecule has 1 aliphatic heterocycles. The number of rotatable bonds is 2. The van der Waals surface area contributed by atoms with Crippen LogP contribution in [0.25, 0.3) is 0 Å². The maximum atomic E-state index is 5.50. The van der Waals surface area contributed by atoms with Gasteiger partial charge in [0.1, 0.15) is 0 Å². The fourth-order valence-electron chi connectivity index (χ4n) is 1.68. The van der Waals surface area contributed by atoms with Crippen molar-refractivity contribution in [2.75, 3.05) is 24.5 Å². The number of nitrogens with zero attached hydrogens (tertiary/aromatic N) is 2. The third-order valence-corrected chi connectivity index (χ3v) is 2.28. The Hall–Kier alpha value is -1.09. The minimum atomic E-state index is 0.717. The van der Waals surface area contributed by atoms with Crippen LogP contribution in [0.2, 0.25) is 0 Å². The van der Waals surface area contributed by atoms with Gasteiger partial charge in [0, 0.05) is 25.8 Å². The van der Waals surface area contributed by atoms with Gasteiger partial charge >= 0.3 is 0 Å². The molecule has 2 heterocycles. The molecule has 1 aliphatic rings. The lowest BCUT2D eigenvalue weighted by Crippen LogP contribution is -2.27. The molecule has 2 rings (SSSR count). The molecule has 0 saturated heterocycles. The molecule has 0 amide bonds. The molecule has 0 aromatic carbocycles. The maximum absolute atomic E-state index is 5.50. The summed E-state index contributed by atoms with van der Waals surface area (Å²) < 4.78 is 0. The largest absolute Gasteiger partial charge is 0.368 e. The fourth-order valence-corrected chi connectivity index (χ4v) is 1.68. The average Bonchev–Trinajstić information content (AvgIpc) is 2.50. The molecule has 1 aromatic rings. The molecule has 0 bridgehead atoms. The summed E-state index contributed by atoms with van der Waals surface area (Å²) in [7, 11) is 0. The van der Waals surface area contributed by atoms with Gasteiger partial charge in [0.15, 0.2) is 0 Å². The zero-order valence-corrected chi connectivity index (χ0v) is 7.03. The number of nitrogens with two attached hydrogens (primary N) is 1. The Kier molecular flexibility index (Phi) is 1.96. The third kappa shape index (κ3) is 1.16. The van der Waals surface area contributed by atoms with Crippen LogP contribution in [0.5, 0.6) is 0 Å². The Morgan fingerprint density at radius 1 is 1.58 bits per heavy atom. The van der Waals surface area contributed by atoms with E-state index in [-0.39, 0.29) is 0 Å². The van der Waals surface area contributed by atoms with E-state index < -0.39 is 0 Å². The molecule has 0 spiro atoms. The molecular weight excluding hydrogens is 150 g/mol. The zero-order valence-electron chi connectivity index (χ0n) is 7.03. The Labute approximate surface area is 72.2 Å². The summed E-state index contributed by atoms with van der Waals surface area (Å²) in [5.74, 6) is 0. The van der Waals surface area contributed by atoms with E-state index in [1.54, 1.807) is 0 Å². The molecule has 2 N–H and O–H groups in total. The van der Waals surface area contributed by atoms with Crippen molar-refractivity contribution in [1.29, 1.82) is 0 Å². The van der Waals surface area contributed by atoms with E-state index >= 15 is 0 Å². The summed E-state index contributed by atoms with van der Waals surface area (Å²) in [6, 6.07) is 2.09. The number of pyridine rings is 1. The summed E-state index contributed by atoms with van der Waals surface area (Å²) in [6.45, 7) is 2.76. The number of fused-ring (bicyclic) bond motifs is 1. The van der Waals surface area contributed by atoms with E-state index in [9.17, 15) is 0 Å². The summed E-state index contributed by atoms with van der Waals surface area (Å²) in [5, 5.41) is 0. The van der Waals surface area contributed by atoms with Gasteiger partial charge in [-0.1, -0.05) is 0 Å². The summed E-state index contributed by atoms with van der Waals surface area (Å²) in [5.41, 5.74) is 8.17. The van der Waals surface area contributed by atoms with Gasteiger partial charge in [-0.05, 0) is 18.1 Å². The Morgan fingerprint density at radius 2 is 2.50 bits per heavy atom. The number of aromatic nitrogens is 1. The molecule has 3 heteroatoms. The fraction of sp³-hybridized carbons (Fsp3) is 0.444. The molecule has 0 fully saturated rings. The van der Waals surface area contributed by atoms with Crippen LogP contribution in [0.15, 0.2) is 18.5 Å². The Balaban J connectivity index is 2.24. The van der Waals surface area contributed by atoms with E-state index in [0.29, 0.717) is 6.54 Å². The van der Waals surface area contributed by atoms with Crippen LogP contribution in [0, 0.1) is 0 Å². The lowest BCUT2D eigenvalue weighted by atomic mass is 10.2. The second kappa shape index (κ2) is 3.11. The van der Waals surface area contributed by atoms with Gasteiger partial charge < -0.3 is 10.6 Å². The highest BCUT2D eigenvalue weighted by Gasteiger charge is 2.17. The standard InChI is InChI=1S/C9H13N3/c10-3-6-12-5-2-8-1-4-11-7-9(8)12/h1,4,7H,2-3,5-6,10H2. The summed E-state index contributed by atoms with van der Waals surface area (Å²) >= 11 is 0. The van der Waals surface area contributed by atoms with Crippen molar-refractivity contribution < 1.29 is 0 Å². The second-order valence-corrected chi connectivity index (χ2v) is 3.03. The Bertz CT molecular complexity index is 270. The highest BCUT2D eigenvalue weighted by Crippen LogP contribution is 2.25. The van der Waals surface area contributed by atoms with E-state index in [1.807, 2.05) is 12.4 Å². The van der Waals surface area contributed by atoms with Crippen molar-refractivity contribution in [3.63, 3.8) is 0 Å². The predicted molar refractivity (Wildman–Crippen MR) is 49.2 cm³/mol. The lowest BCUT2D eigenvalue weighted by Gasteiger charge is -2.16. The van der Waals surface area contributed by atoms with Gasteiger partial charge in [0.2, 0.25) is 0 Å². The van der Waals surface area contributed by atoms with Gasteiger partial charge in [-0.15, -0.1) is 0 Å². The first kappa shape index (κ1) is 7.55. The molecule has 1 aromatic heterocycles. The van der Waals surface area contributed by atoms with Crippen molar-refractivity contribution in [1.82, 2.24) is 4.98 Å². The topological polar surface area (TPSA) is 42.1 Å². The van der Waals surface area contributed by atoms with Gasteiger partial charge in [-0.25, -0.2) is 0 Å². The van der Waals surface area contributed by atoms with Crippen LogP contribution >= 0.6 is 0 Å². The van der Waals surface area contributed by atoms with Crippen LogP contribution in [0.4, 0.5) is 5.69 Å². The van der Waals surface area contributed by atoms with E-state index in [1.165, 1.54) is 11.3 Å². The minimum absolute atomic E-state index is 0.717. The molecule has 0 saturated carbocycles. The van der Waals surface area contributed by atoms with E-state index in [2.05, 4.69) is 16.0 Å². The maximum Gasteiger partial charge on any atom is 0.0586 e. The molecule has 0 radical (unpaired) electrons. The van der Waals surface area contributed by atoms with Gasteiger partial charge in [0.25, 0.3) is 0 Å². The van der Waals surface area contributed by atoms with Gasteiger partial charge in [0.05, 0.1) is 11.9 Å². The second-order valence-electron chi connectivity index (χ2n) is 3.03. The van der Waals surface area contributed by atoms with Crippen LogP contribution in [-0.2, 0) is 6.42 Å². The quantitative estimate of drug-likeness (QED) is 0.686. The highest BCUT2D eigenvalue weighted by molar-refractivity contribution is 5.55. The molecule has 64 valence electrons. The number of anilines is 1.